The molecule has 8 aliphatic carbocycles. The van der Waals surface area contributed by atoms with Crippen molar-refractivity contribution >= 4 is 23.9 Å². The lowest BCUT2D eigenvalue weighted by atomic mass is 9.41. The first-order valence-electron chi connectivity index (χ1n) is 20.7. The molecule has 0 aromatic carbocycles. The van der Waals surface area contributed by atoms with Crippen LogP contribution in [0.2, 0.25) is 0 Å². The van der Waals surface area contributed by atoms with Gasteiger partial charge in [0.1, 0.15) is 17.6 Å². The average Bonchev–Trinajstić information content (AvgIpc) is 3.35. The minimum Gasteiger partial charge on any atom is -0.481 e. The number of fused-ring (bicyclic) bond motifs is 6. The molecule has 0 amide bonds. The second-order valence-corrected chi connectivity index (χ2v) is 21.1. The number of carboxylic acids is 2. The number of hydrogen-bond acceptors (Lipinski definition) is 6. The third kappa shape index (κ3) is 4.74. The number of ether oxygens (including phenoxy) is 2. The first kappa shape index (κ1) is 35.9. The third-order valence-corrected chi connectivity index (χ3v) is 19.0. The van der Waals surface area contributed by atoms with Crippen LogP contribution in [0.5, 0.6) is 0 Å². The van der Waals surface area contributed by atoms with Gasteiger partial charge in [-0.05, 0) is 174 Å². The smallest absolute Gasteiger partial charge is 0.317 e. The average molecular weight is 709 g/mol. The summed E-state index contributed by atoms with van der Waals surface area (Å²) in [7, 11) is 0. The molecule has 8 heteroatoms. The van der Waals surface area contributed by atoms with Crippen LogP contribution in [0.3, 0.4) is 0 Å². The van der Waals surface area contributed by atoms with Gasteiger partial charge in [0, 0.05) is 0 Å². The Morgan fingerprint density at radius 2 is 0.922 bits per heavy atom. The van der Waals surface area contributed by atoms with Crippen LogP contribution in [0.15, 0.2) is 0 Å². The second kappa shape index (κ2) is 11.2. The van der Waals surface area contributed by atoms with E-state index in [4.69, 9.17) is 9.47 Å². The first-order chi connectivity index (χ1) is 23.8. The zero-order chi connectivity index (χ0) is 36.6. The fourth-order valence-corrected chi connectivity index (χ4v) is 17.0. The van der Waals surface area contributed by atoms with Crippen molar-refractivity contribution in [3.05, 3.63) is 0 Å². The van der Waals surface area contributed by atoms with Gasteiger partial charge in [-0.15, -0.1) is 0 Å². The molecule has 4 bridgehead atoms. The highest BCUT2D eigenvalue weighted by atomic mass is 16.6. The summed E-state index contributed by atoms with van der Waals surface area (Å²) in [5.41, 5.74) is -2.42. The lowest BCUT2D eigenvalue weighted by Gasteiger charge is -2.64. The van der Waals surface area contributed by atoms with Crippen LogP contribution in [0.4, 0.5) is 0 Å². The molecule has 51 heavy (non-hydrogen) atoms. The molecule has 0 heterocycles. The number of rotatable bonds is 6. The van der Waals surface area contributed by atoms with Crippen LogP contribution in [0.25, 0.3) is 0 Å². The van der Waals surface area contributed by atoms with Crippen LogP contribution in [-0.4, -0.2) is 45.3 Å². The van der Waals surface area contributed by atoms with Crippen LogP contribution >= 0.6 is 0 Å². The standard InChI is InChI=1S/C43H64O8/c1-26-22-40-17-9-28-36(3,13-7-15-38(28,5)34(46)47)30(40)11-19-42(26,24-40)50-32(44)21-33(45)51-43-20-12-31-37(4)14-8-16-39(6,35(48)49)29(37)10-18-41(31,25-43)23-27(43)2/h26-31H,7-25H2,1-6H3,(H,46,47)(H,48,49)/t26-,27-,28-,29-,30-,31-,36+,37+,38+,39+,40+,41+,42-,43-/m0/s1. The fraction of sp³-hybridized carbons (Fsp3) is 0.907. The summed E-state index contributed by atoms with van der Waals surface area (Å²) in [6, 6.07) is 0. The molecule has 0 aliphatic heterocycles. The summed E-state index contributed by atoms with van der Waals surface area (Å²) in [4.78, 5) is 52.5. The maximum Gasteiger partial charge on any atom is 0.317 e. The second-order valence-electron chi connectivity index (χ2n) is 21.1. The normalized spacial score (nSPS) is 53.8. The van der Waals surface area contributed by atoms with E-state index < -0.39 is 45.9 Å². The summed E-state index contributed by atoms with van der Waals surface area (Å²) in [6.07, 6.45) is 16.1. The van der Waals surface area contributed by atoms with E-state index >= 15 is 0 Å². The Balaban J connectivity index is 0.934. The largest absolute Gasteiger partial charge is 0.481 e. The van der Waals surface area contributed by atoms with Gasteiger partial charge < -0.3 is 19.7 Å². The lowest BCUT2D eigenvalue weighted by Crippen LogP contribution is -2.59. The number of carbonyl (C=O) groups is 4. The Bertz CT molecular complexity index is 1410. The van der Waals surface area contributed by atoms with E-state index in [0.717, 1.165) is 116 Å². The molecule has 2 N–H and O–H groups in total. The molecular weight excluding hydrogens is 644 g/mol. The molecule has 0 radical (unpaired) electrons. The molecule has 2 spiro atoms. The third-order valence-electron chi connectivity index (χ3n) is 19.0. The summed E-state index contributed by atoms with van der Waals surface area (Å²) in [6.45, 7) is 13.1. The van der Waals surface area contributed by atoms with Crippen molar-refractivity contribution in [2.75, 3.05) is 0 Å². The van der Waals surface area contributed by atoms with Crippen molar-refractivity contribution in [1.29, 1.82) is 0 Å². The van der Waals surface area contributed by atoms with E-state index in [9.17, 15) is 29.4 Å². The minimum atomic E-state index is -0.676. The van der Waals surface area contributed by atoms with Crippen LogP contribution in [0, 0.1) is 68.0 Å². The first-order valence-corrected chi connectivity index (χ1v) is 20.7. The van der Waals surface area contributed by atoms with Gasteiger partial charge in [-0.25, -0.2) is 0 Å². The van der Waals surface area contributed by atoms with Gasteiger partial charge in [-0.3, -0.25) is 19.2 Å². The summed E-state index contributed by atoms with van der Waals surface area (Å²) >= 11 is 0. The van der Waals surface area contributed by atoms with Crippen molar-refractivity contribution in [2.24, 2.45) is 68.0 Å². The maximum atomic E-state index is 13.7. The topological polar surface area (TPSA) is 127 Å². The SMILES string of the molecule is C[C@H]1C[C@@]23CC[C@H]4[C@@](C)(CCC[C@@]4(C)C(=O)O)[C@@H]2CC[C@]1(OC(=O)CC(=O)O[C@]12CC[C@@H]4[C@](CC[C@H]5[C@@]4(C)CCC[C@@]5(C)C(=O)O)(C[C@@H]1C)C2)C3. The van der Waals surface area contributed by atoms with Gasteiger partial charge in [-0.2, -0.15) is 0 Å². The van der Waals surface area contributed by atoms with Crippen LogP contribution in [0.1, 0.15) is 164 Å². The Morgan fingerprint density at radius 3 is 1.29 bits per heavy atom. The molecular formula is C43H64O8. The monoisotopic (exact) mass is 708 g/mol. The van der Waals surface area contributed by atoms with E-state index in [1.807, 2.05) is 13.8 Å². The Kier molecular flexibility index (Phi) is 7.89. The quantitative estimate of drug-likeness (QED) is 0.207. The molecule has 0 unspecified atom stereocenters. The molecule has 0 saturated heterocycles. The lowest BCUT2D eigenvalue weighted by molar-refractivity contribution is -0.199. The minimum absolute atomic E-state index is 0.0229. The van der Waals surface area contributed by atoms with Gasteiger partial charge in [0.25, 0.3) is 0 Å². The molecule has 284 valence electrons. The molecule has 0 aromatic rings. The van der Waals surface area contributed by atoms with E-state index in [1.54, 1.807) is 0 Å². The van der Waals surface area contributed by atoms with Crippen molar-refractivity contribution in [1.82, 2.24) is 0 Å². The zero-order valence-electron chi connectivity index (χ0n) is 32.2. The van der Waals surface area contributed by atoms with Crippen molar-refractivity contribution in [3.8, 4) is 0 Å². The molecule has 8 aliphatic rings. The van der Waals surface area contributed by atoms with E-state index in [2.05, 4.69) is 27.7 Å². The molecule has 8 rings (SSSR count). The Labute approximate surface area is 304 Å². The Morgan fingerprint density at radius 1 is 0.549 bits per heavy atom. The molecule has 8 saturated carbocycles. The van der Waals surface area contributed by atoms with E-state index in [1.165, 1.54) is 0 Å². The number of aliphatic carboxylic acids is 2. The van der Waals surface area contributed by atoms with E-state index in [-0.39, 0.29) is 51.8 Å². The van der Waals surface area contributed by atoms with Gasteiger partial charge >= 0.3 is 23.9 Å². The van der Waals surface area contributed by atoms with Crippen LogP contribution < -0.4 is 0 Å². The summed E-state index contributed by atoms with van der Waals surface area (Å²) < 4.78 is 12.9. The molecule has 0 aromatic heterocycles. The summed E-state index contributed by atoms with van der Waals surface area (Å²) in [5, 5.41) is 20.6. The number of carboxylic acid groups (broad SMARTS) is 2. The van der Waals surface area contributed by atoms with Crippen molar-refractivity contribution < 1.29 is 38.9 Å². The van der Waals surface area contributed by atoms with Crippen molar-refractivity contribution in [3.63, 3.8) is 0 Å². The predicted octanol–water partition coefficient (Wildman–Crippen LogP) is 8.98. The zero-order valence-corrected chi connectivity index (χ0v) is 32.2. The predicted molar refractivity (Wildman–Crippen MR) is 190 cm³/mol. The van der Waals surface area contributed by atoms with Crippen LogP contribution in [-0.2, 0) is 28.7 Å². The number of carbonyl (C=O) groups excluding carboxylic acids is 2. The number of hydrogen-bond donors (Lipinski definition) is 2. The Hall–Kier alpha value is -2.12. The highest BCUT2D eigenvalue weighted by molar-refractivity contribution is 5.91. The highest BCUT2D eigenvalue weighted by Crippen LogP contribution is 2.75. The van der Waals surface area contributed by atoms with Gasteiger partial charge in [0.2, 0.25) is 0 Å². The maximum absolute atomic E-state index is 13.7. The highest BCUT2D eigenvalue weighted by Gasteiger charge is 2.71. The number of esters is 2. The van der Waals surface area contributed by atoms with Gasteiger partial charge in [0.05, 0.1) is 10.8 Å². The van der Waals surface area contributed by atoms with Gasteiger partial charge in [-0.1, -0.05) is 40.5 Å². The van der Waals surface area contributed by atoms with Crippen molar-refractivity contribution in [2.45, 2.75) is 175 Å². The molecule has 14 atom stereocenters. The van der Waals surface area contributed by atoms with E-state index in [0.29, 0.717) is 11.8 Å². The van der Waals surface area contributed by atoms with Gasteiger partial charge in [0.15, 0.2) is 0 Å². The molecule has 8 fully saturated rings. The fourth-order valence-electron chi connectivity index (χ4n) is 17.0. The summed E-state index contributed by atoms with van der Waals surface area (Å²) in [5.74, 6) is -0.640. The molecule has 8 nitrogen and oxygen atoms in total.